The highest BCUT2D eigenvalue weighted by Gasteiger charge is 2.13. The number of carboxylic acids is 1. The molecule has 0 aliphatic carbocycles. The van der Waals surface area contributed by atoms with Crippen molar-refractivity contribution in [2.45, 2.75) is 18.6 Å². The minimum Gasteiger partial charge on any atom is -0.480 e. The summed E-state index contributed by atoms with van der Waals surface area (Å²) < 4.78 is 0. The molecular formula is C5H11NO2S. The fourth-order valence-electron chi connectivity index (χ4n) is 0.480. The summed E-state index contributed by atoms with van der Waals surface area (Å²) >= 11 is 1.26. The van der Waals surface area contributed by atoms with Gasteiger partial charge in [0.1, 0.15) is 5.25 Å². The van der Waals surface area contributed by atoms with Gasteiger partial charge in [-0.1, -0.05) is 6.92 Å². The molecule has 0 aliphatic rings. The van der Waals surface area contributed by atoms with Crippen molar-refractivity contribution in [1.29, 1.82) is 0 Å². The van der Waals surface area contributed by atoms with Gasteiger partial charge in [-0.2, -0.15) is 0 Å². The molecule has 0 aromatic rings. The summed E-state index contributed by atoms with van der Waals surface area (Å²) in [5.74, 6) is -0.391. The molecule has 0 fully saturated rings. The molecule has 0 aromatic heterocycles. The molecule has 1 atom stereocenters. The number of aliphatic carboxylic acids is 1. The Kier molecular flexibility index (Phi) is 4.53. The third kappa shape index (κ3) is 3.37. The molecule has 0 bridgehead atoms. The quantitative estimate of drug-likeness (QED) is 0.571. The normalized spacial score (nSPS) is 13.1. The lowest BCUT2D eigenvalue weighted by molar-refractivity contribution is -0.136. The molecule has 4 heteroatoms. The standard InChI is InChI=1S/C5H11NO2S/c1-2-4(5(7)8)9-3-6/h4H,2-3,6H2,1H3,(H,7,8). The first kappa shape index (κ1) is 8.78. The first-order chi connectivity index (χ1) is 4.22. The molecule has 0 aliphatic heterocycles. The maximum absolute atomic E-state index is 10.2. The fraction of sp³-hybridized carbons (Fsp3) is 0.800. The van der Waals surface area contributed by atoms with Crippen LogP contribution < -0.4 is 5.73 Å². The largest absolute Gasteiger partial charge is 0.480 e. The molecule has 0 aromatic carbocycles. The van der Waals surface area contributed by atoms with Crippen LogP contribution in [0.2, 0.25) is 0 Å². The molecule has 0 saturated heterocycles. The average molecular weight is 149 g/mol. The Hall–Kier alpha value is -0.220. The minimum atomic E-state index is -0.770. The van der Waals surface area contributed by atoms with E-state index >= 15 is 0 Å². The minimum absolute atomic E-state index is 0.324. The van der Waals surface area contributed by atoms with Gasteiger partial charge in [-0.25, -0.2) is 0 Å². The second-order valence-electron chi connectivity index (χ2n) is 1.57. The first-order valence-electron chi connectivity index (χ1n) is 2.76. The Balaban J connectivity index is 3.54. The van der Waals surface area contributed by atoms with Gasteiger partial charge in [0.15, 0.2) is 0 Å². The summed E-state index contributed by atoms with van der Waals surface area (Å²) in [4.78, 5) is 10.2. The third-order valence-electron chi connectivity index (χ3n) is 0.944. The molecule has 0 spiro atoms. The maximum Gasteiger partial charge on any atom is 0.316 e. The van der Waals surface area contributed by atoms with Gasteiger partial charge < -0.3 is 10.8 Å². The van der Waals surface area contributed by atoms with Crippen molar-refractivity contribution in [2.75, 3.05) is 5.88 Å². The Labute approximate surface area is 58.6 Å². The van der Waals surface area contributed by atoms with E-state index in [2.05, 4.69) is 0 Å². The molecule has 0 radical (unpaired) electrons. The van der Waals surface area contributed by atoms with Crippen LogP contribution in [-0.4, -0.2) is 22.2 Å². The van der Waals surface area contributed by atoms with Crippen molar-refractivity contribution in [3.8, 4) is 0 Å². The van der Waals surface area contributed by atoms with Crippen molar-refractivity contribution in [2.24, 2.45) is 5.73 Å². The lowest BCUT2D eigenvalue weighted by Crippen LogP contribution is -2.17. The topological polar surface area (TPSA) is 63.3 Å². The van der Waals surface area contributed by atoms with E-state index in [0.29, 0.717) is 12.3 Å². The van der Waals surface area contributed by atoms with E-state index in [1.165, 1.54) is 11.8 Å². The molecular weight excluding hydrogens is 138 g/mol. The van der Waals surface area contributed by atoms with Crippen LogP contribution in [0, 0.1) is 0 Å². The summed E-state index contributed by atoms with van der Waals surface area (Å²) in [5, 5.41) is 8.10. The number of hydrogen-bond acceptors (Lipinski definition) is 3. The highest BCUT2D eigenvalue weighted by Crippen LogP contribution is 2.11. The third-order valence-corrected chi connectivity index (χ3v) is 2.07. The van der Waals surface area contributed by atoms with Gasteiger partial charge in [0, 0.05) is 5.88 Å². The summed E-state index contributed by atoms with van der Waals surface area (Å²) in [6.07, 6.45) is 0.636. The lowest BCUT2D eigenvalue weighted by atomic mass is 10.3. The fourth-order valence-corrected chi connectivity index (χ4v) is 1.09. The van der Waals surface area contributed by atoms with E-state index in [4.69, 9.17) is 10.8 Å². The highest BCUT2D eigenvalue weighted by atomic mass is 32.2. The molecule has 9 heavy (non-hydrogen) atoms. The van der Waals surface area contributed by atoms with Crippen LogP contribution in [-0.2, 0) is 4.79 Å². The van der Waals surface area contributed by atoms with Crippen molar-refractivity contribution in [3.05, 3.63) is 0 Å². The summed E-state index contributed by atoms with van der Waals surface area (Å²) in [5.41, 5.74) is 5.14. The molecule has 1 unspecified atom stereocenters. The van der Waals surface area contributed by atoms with Gasteiger partial charge in [0.2, 0.25) is 0 Å². The van der Waals surface area contributed by atoms with Gasteiger partial charge in [-0.05, 0) is 6.42 Å². The molecule has 3 N–H and O–H groups in total. The molecule has 54 valence electrons. The van der Waals surface area contributed by atoms with Crippen LogP contribution in [0.25, 0.3) is 0 Å². The smallest absolute Gasteiger partial charge is 0.316 e. The number of carbonyl (C=O) groups is 1. The van der Waals surface area contributed by atoms with Crippen molar-refractivity contribution in [1.82, 2.24) is 0 Å². The number of carboxylic acid groups (broad SMARTS) is 1. The van der Waals surface area contributed by atoms with Crippen molar-refractivity contribution >= 4 is 17.7 Å². The van der Waals surface area contributed by atoms with Crippen LogP contribution in [0.1, 0.15) is 13.3 Å². The van der Waals surface area contributed by atoms with Crippen molar-refractivity contribution in [3.63, 3.8) is 0 Å². The number of rotatable bonds is 4. The number of thioether (sulfide) groups is 1. The maximum atomic E-state index is 10.2. The molecule has 3 nitrogen and oxygen atoms in total. The van der Waals surface area contributed by atoms with Crippen LogP contribution in [0.3, 0.4) is 0 Å². The van der Waals surface area contributed by atoms with Gasteiger partial charge in [0.25, 0.3) is 0 Å². The SMILES string of the molecule is CCC(SCN)C(=O)O. The second kappa shape index (κ2) is 4.64. The van der Waals surface area contributed by atoms with Crippen LogP contribution in [0.15, 0.2) is 0 Å². The van der Waals surface area contributed by atoms with E-state index < -0.39 is 5.97 Å². The molecule has 0 rings (SSSR count). The Morgan fingerprint density at radius 1 is 1.89 bits per heavy atom. The van der Waals surface area contributed by atoms with E-state index in [9.17, 15) is 4.79 Å². The van der Waals surface area contributed by atoms with Gasteiger partial charge in [-0.3, -0.25) is 4.79 Å². The predicted molar refractivity (Wildman–Crippen MR) is 38.4 cm³/mol. The van der Waals surface area contributed by atoms with Crippen molar-refractivity contribution < 1.29 is 9.90 Å². The first-order valence-corrected chi connectivity index (χ1v) is 3.81. The molecule has 0 heterocycles. The average Bonchev–Trinajstić information content (AvgIpc) is 1.82. The van der Waals surface area contributed by atoms with Gasteiger partial charge >= 0.3 is 5.97 Å². The summed E-state index contributed by atoms with van der Waals surface area (Å²) in [6, 6.07) is 0. The van der Waals surface area contributed by atoms with E-state index in [1.54, 1.807) is 0 Å². The molecule has 0 amide bonds. The summed E-state index contributed by atoms with van der Waals surface area (Å²) in [6.45, 7) is 1.83. The Morgan fingerprint density at radius 3 is 2.56 bits per heavy atom. The Bertz CT molecular complexity index is 97.0. The van der Waals surface area contributed by atoms with E-state index in [1.807, 2.05) is 6.92 Å². The zero-order chi connectivity index (χ0) is 7.28. The van der Waals surface area contributed by atoms with E-state index in [-0.39, 0.29) is 5.25 Å². The van der Waals surface area contributed by atoms with Crippen LogP contribution >= 0.6 is 11.8 Å². The zero-order valence-electron chi connectivity index (χ0n) is 5.33. The monoisotopic (exact) mass is 149 g/mol. The molecule has 0 saturated carbocycles. The van der Waals surface area contributed by atoms with E-state index in [0.717, 1.165) is 0 Å². The number of nitrogens with two attached hydrogens (primary N) is 1. The van der Waals surface area contributed by atoms with Crippen LogP contribution in [0.5, 0.6) is 0 Å². The lowest BCUT2D eigenvalue weighted by Gasteiger charge is -2.05. The van der Waals surface area contributed by atoms with Gasteiger partial charge in [-0.15, -0.1) is 11.8 Å². The highest BCUT2D eigenvalue weighted by molar-refractivity contribution is 8.00. The zero-order valence-corrected chi connectivity index (χ0v) is 6.15. The summed E-state index contributed by atoms with van der Waals surface area (Å²) in [7, 11) is 0. The van der Waals surface area contributed by atoms with Gasteiger partial charge in [0.05, 0.1) is 0 Å². The number of hydrogen-bond donors (Lipinski definition) is 2. The predicted octanol–water partition coefficient (Wildman–Crippen LogP) is 0.499. The Morgan fingerprint density at radius 2 is 2.44 bits per heavy atom. The second-order valence-corrected chi connectivity index (χ2v) is 2.80. The van der Waals surface area contributed by atoms with Crippen LogP contribution in [0.4, 0.5) is 0 Å².